The Kier molecular flexibility index (Phi) is 10.7. The van der Waals surface area contributed by atoms with Crippen molar-refractivity contribution in [3.05, 3.63) is 51.5 Å². The summed E-state index contributed by atoms with van der Waals surface area (Å²) in [5.74, 6) is 1.25. The van der Waals surface area contributed by atoms with E-state index in [-0.39, 0.29) is 0 Å². The van der Waals surface area contributed by atoms with Crippen molar-refractivity contribution in [2.75, 3.05) is 26.4 Å². The fourth-order valence-corrected chi connectivity index (χ4v) is 3.51. The Morgan fingerprint density at radius 2 is 1.93 bits per heavy atom. The van der Waals surface area contributed by atoms with E-state index in [1.165, 1.54) is 0 Å². The predicted molar refractivity (Wildman–Crippen MR) is 120 cm³/mol. The number of benzene rings is 1. The molecule has 6 nitrogen and oxygen atoms in total. The third-order valence-corrected chi connectivity index (χ3v) is 5.04. The number of guanidine groups is 1. The number of rotatable bonds is 12. The third-order valence-electron chi connectivity index (χ3n) is 4.17. The molecule has 0 aliphatic carbocycles. The standard InChI is InChI=1S/C22H34N4O2S/c1-5-23-22(25-14-21-26-20(16-29-21)17(3)4)24-13-18-8-7-9-19(12-18)15-28-11-10-27-6-2/h7-9,12,16-17H,5-6,10-11,13-15H2,1-4H3,(H2,23,24,25). The van der Waals surface area contributed by atoms with E-state index in [9.17, 15) is 0 Å². The van der Waals surface area contributed by atoms with Crippen LogP contribution in [0.15, 0.2) is 34.6 Å². The summed E-state index contributed by atoms with van der Waals surface area (Å²) in [7, 11) is 0. The van der Waals surface area contributed by atoms with Crippen LogP contribution in [0.1, 0.15) is 55.4 Å². The van der Waals surface area contributed by atoms with Gasteiger partial charge in [0.25, 0.3) is 0 Å². The maximum Gasteiger partial charge on any atom is 0.191 e. The third kappa shape index (κ3) is 8.94. The van der Waals surface area contributed by atoms with Crippen molar-refractivity contribution in [1.29, 1.82) is 0 Å². The van der Waals surface area contributed by atoms with Crippen LogP contribution in [-0.2, 0) is 29.2 Å². The largest absolute Gasteiger partial charge is 0.379 e. The normalized spacial score (nSPS) is 11.8. The van der Waals surface area contributed by atoms with Gasteiger partial charge in [-0.25, -0.2) is 9.98 Å². The second-order valence-electron chi connectivity index (χ2n) is 6.94. The number of thiazole rings is 1. The van der Waals surface area contributed by atoms with Crippen LogP contribution in [0, 0.1) is 0 Å². The first-order valence-corrected chi connectivity index (χ1v) is 11.2. The van der Waals surface area contributed by atoms with Crippen molar-refractivity contribution >= 4 is 17.3 Å². The lowest BCUT2D eigenvalue weighted by Crippen LogP contribution is -2.36. The van der Waals surface area contributed by atoms with Gasteiger partial charge in [0.15, 0.2) is 5.96 Å². The molecule has 0 spiro atoms. The van der Waals surface area contributed by atoms with Gasteiger partial charge in [0.05, 0.1) is 38.6 Å². The lowest BCUT2D eigenvalue weighted by Gasteiger charge is -2.10. The zero-order valence-electron chi connectivity index (χ0n) is 18.0. The van der Waals surface area contributed by atoms with Gasteiger partial charge in [0.2, 0.25) is 0 Å². The molecule has 0 bridgehead atoms. The predicted octanol–water partition coefficient (Wildman–Crippen LogP) is 4.07. The van der Waals surface area contributed by atoms with Gasteiger partial charge in [-0.2, -0.15) is 0 Å². The molecule has 0 aliphatic rings. The van der Waals surface area contributed by atoms with E-state index < -0.39 is 0 Å². The molecule has 0 atom stereocenters. The number of nitrogens with zero attached hydrogens (tertiary/aromatic N) is 2. The van der Waals surface area contributed by atoms with Crippen LogP contribution in [0.5, 0.6) is 0 Å². The number of aromatic nitrogens is 1. The minimum atomic E-state index is 0.456. The molecule has 29 heavy (non-hydrogen) atoms. The molecule has 0 aliphatic heterocycles. The quantitative estimate of drug-likeness (QED) is 0.309. The van der Waals surface area contributed by atoms with Gasteiger partial charge in [-0.05, 0) is 30.9 Å². The van der Waals surface area contributed by atoms with Crippen LogP contribution in [0.3, 0.4) is 0 Å². The fraction of sp³-hybridized carbons (Fsp3) is 0.545. The molecule has 0 amide bonds. The molecule has 7 heteroatoms. The van der Waals surface area contributed by atoms with Crippen LogP contribution in [-0.4, -0.2) is 37.3 Å². The molecule has 0 radical (unpaired) electrons. The molecule has 1 heterocycles. The minimum Gasteiger partial charge on any atom is -0.379 e. The SMILES string of the molecule is CCNC(=NCc1cccc(COCCOCC)c1)NCc1nc(C(C)C)cs1. The number of ether oxygens (including phenoxy) is 2. The summed E-state index contributed by atoms with van der Waals surface area (Å²) < 4.78 is 10.9. The summed E-state index contributed by atoms with van der Waals surface area (Å²) in [5, 5.41) is 9.88. The van der Waals surface area contributed by atoms with Crippen LogP contribution in [0.4, 0.5) is 0 Å². The summed E-state index contributed by atoms with van der Waals surface area (Å²) >= 11 is 1.69. The molecule has 0 unspecified atom stereocenters. The summed E-state index contributed by atoms with van der Waals surface area (Å²) in [6.45, 7) is 13.0. The molecule has 160 valence electrons. The van der Waals surface area contributed by atoms with Crippen molar-refractivity contribution in [3.8, 4) is 0 Å². The highest BCUT2D eigenvalue weighted by atomic mass is 32.1. The molecule has 0 fully saturated rings. The van der Waals surface area contributed by atoms with Gasteiger partial charge in [0.1, 0.15) is 5.01 Å². The lowest BCUT2D eigenvalue weighted by molar-refractivity contribution is 0.0453. The Morgan fingerprint density at radius 1 is 1.14 bits per heavy atom. The van der Waals surface area contributed by atoms with Crippen molar-refractivity contribution in [2.45, 2.75) is 53.3 Å². The van der Waals surface area contributed by atoms with Crippen LogP contribution in [0.2, 0.25) is 0 Å². The van der Waals surface area contributed by atoms with E-state index in [4.69, 9.17) is 14.5 Å². The molecule has 2 rings (SSSR count). The number of nitrogens with one attached hydrogen (secondary N) is 2. The monoisotopic (exact) mass is 418 g/mol. The molecule has 0 saturated carbocycles. The Balaban J connectivity index is 1.87. The van der Waals surface area contributed by atoms with Gasteiger partial charge in [-0.3, -0.25) is 0 Å². The molecular weight excluding hydrogens is 384 g/mol. The van der Waals surface area contributed by atoms with Gasteiger partial charge in [0, 0.05) is 18.5 Å². The first-order chi connectivity index (χ1) is 14.1. The summed E-state index contributed by atoms with van der Waals surface area (Å²) in [6.07, 6.45) is 0. The van der Waals surface area contributed by atoms with Crippen molar-refractivity contribution in [2.24, 2.45) is 4.99 Å². The smallest absolute Gasteiger partial charge is 0.191 e. The van der Waals surface area contributed by atoms with Crippen molar-refractivity contribution < 1.29 is 9.47 Å². The Morgan fingerprint density at radius 3 is 2.66 bits per heavy atom. The minimum absolute atomic E-state index is 0.456. The van der Waals surface area contributed by atoms with E-state index in [0.717, 1.165) is 40.9 Å². The second-order valence-corrected chi connectivity index (χ2v) is 7.88. The Labute approximate surface area is 178 Å². The Hall–Kier alpha value is -1.96. The number of hydrogen-bond acceptors (Lipinski definition) is 5. The van der Waals surface area contributed by atoms with E-state index in [1.807, 2.05) is 6.92 Å². The number of aliphatic imine (C=N–C) groups is 1. The van der Waals surface area contributed by atoms with E-state index >= 15 is 0 Å². The lowest BCUT2D eigenvalue weighted by atomic mass is 10.1. The molecular formula is C22H34N4O2S. The molecule has 2 aromatic rings. The average molecular weight is 419 g/mol. The molecule has 1 aromatic carbocycles. The maximum atomic E-state index is 5.66. The summed E-state index contributed by atoms with van der Waals surface area (Å²) in [4.78, 5) is 9.38. The van der Waals surface area contributed by atoms with Gasteiger partial charge in [-0.15, -0.1) is 11.3 Å². The highest BCUT2D eigenvalue weighted by Gasteiger charge is 2.06. The van der Waals surface area contributed by atoms with Gasteiger partial charge >= 0.3 is 0 Å². The van der Waals surface area contributed by atoms with Crippen LogP contribution in [0.25, 0.3) is 0 Å². The Bertz CT molecular complexity index is 746. The molecule has 1 aromatic heterocycles. The van der Waals surface area contributed by atoms with E-state index in [0.29, 0.717) is 38.8 Å². The highest BCUT2D eigenvalue weighted by Crippen LogP contribution is 2.17. The van der Waals surface area contributed by atoms with Crippen molar-refractivity contribution in [3.63, 3.8) is 0 Å². The zero-order valence-corrected chi connectivity index (χ0v) is 18.8. The molecule has 0 saturated heterocycles. The van der Waals surface area contributed by atoms with Crippen LogP contribution >= 0.6 is 11.3 Å². The topological polar surface area (TPSA) is 67.8 Å². The van der Waals surface area contributed by atoms with E-state index in [1.54, 1.807) is 11.3 Å². The first kappa shape index (κ1) is 23.3. The second kappa shape index (κ2) is 13.3. The summed E-state index contributed by atoms with van der Waals surface area (Å²) in [5.41, 5.74) is 3.45. The van der Waals surface area contributed by atoms with Gasteiger partial charge in [-0.1, -0.05) is 38.1 Å². The summed E-state index contributed by atoms with van der Waals surface area (Å²) in [6, 6.07) is 8.36. The van der Waals surface area contributed by atoms with E-state index in [2.05, 4.69) is 66.0 Å². The number of hydrogen-bond donors (Lipinski definition) is 2. The average Bonchev–Trinajstić information content (AvgIpc) is 3.20. The first-order valence-electron chi connectivity index (χ1n) is 10.3. The highest BCUT2D eigenvalue weighted by molar-refractivity contribution is 7.09. The maximum absolute atomic E-state index is 5.66. The zero-order chi connectivity index (χ0) is 20.9. The molecule has 2 N–H and O–H groups in total. The van der Waals surface area contributed by atoms with Crippen molar-refractivity contribution in [1.82, 2.24) is 15.6 Å². The fourth-order valence-electron chi connectivity index (χ4n) is 2.61. The van der Waals surface area contributed by atoms with Crippen LogP contribution < -0.4 is 10.6 Å². The van der Waals surface area contributed by atoms with Gasteiger partial charge < -0.3 is 20.1 Å².